The fourth-order valence-electron chi connectivity index (χ4n) is 1.93. The Hall–Kier alpha value is -1.77. The number of benzene rings is 1. The van der Waals surface area contributed by atoms with E-state index in [0.717, 1.165) is 6.07 Å². The van der Waals surface area contributed by atoms with Crippen LogP contribution < -0.4 is 4.18 Å². The van der Waals surface area contributed by atoms with Crippen molar-refractivity contribution in [2.45, 2.75) is 37.1 Å². The maximum absolute atomic E-state index is 12.4. The summed E-state index contributed by atoms with van der Waals surface area (Å²) in [6.07, 6.45) is 1.38. The van der Waals surface area contributed by atoms with Gasteiger partial charge in [0.2, 0.25) is 0 Å². The number of carbonyl (C=O) groups is 1. The molecule has 1 aromatic carbocycles. The molecule has 1 aliphatic rings. The first kappa shape index (κ1) is 16.6. The number of alkyl halides is 3. The average Bonchev–Trinajstić information content (AvgIpc) is 3.20. The van der Waals surface area contributed by atoms with Crippen molar-refractivity contribution < 1.29 is 35.7 Å². The van der Waals surface area contributed by atoms with Gasteiger partial charge in [-0.2, -0.15) is 21.6 Å². The Morgan fingerprint density at radius 2 is 1.95 bits per heavy atom. The summed E-state index contributed by atoms with van der Waals surface area (Å²) in [4.78, 5) is 11.0. The van der Waals surface area contributed by atoms with Gasteiger partial charge in [-0.25, -0.2) is 0 Å². The van der Waals surface area contributed by atoms with E-state index in [-0.39, 0.29) is 5.92 Å². The summed E-state index contributed by atoms with van der Waals surface area (Å²) in [5, 5.41) is 8.97. The Morgan fingerprint density at radius 1 is 1.36 bits per heavy atom. The van der Waals surface area contributed by atoms with E-state index >= 15 is 0 Å². The largest absolute Gasteiger partial charge is 0.534 e. The standard InChI is InChI=1S/C13H13F3O5S/c1-7(12(17)18)9-4-5-11(10(6-9)8-2-3-8)21-22(19,20)13(14,15)16/h4-8H,2-3H2,1H3,(H,17,18). The zero-order valence-electron chi connectivity index (χ0n) is 11.4. The lowest BCUT2D eigenvalue weighted by Crippen LogP contribution is -2.28. The van der Waals surface area contributed by atoms with E-state index in [1.165, 1.54) is 19.1 Å². The molecule has 9 heteroatoms. The second kappa shape index (κ2) is 5.45. The fraction of sp³-hybridized carbons (Fsp3) is 0.462. The van der Waals surface area contributed by atoms with Gasteiger partial charge in [0.1, 0.15) is 5.75 Å². The monoisotopic (exact) mass is 338 g/mol. The van der Waals surface area contributed by atoms with Gasteiger partial charge in [-0.3, -0.25) is 4.79 Å². The van der Waals surface area contributed by atoms with Crippen LogP contribution in [0.25, 0.3) is 0 Å². The van der Waals surface area contributed by atoms with Crippen molar-refractivity contribution in [1.29, 1.82) is 0 Å². The Labute approximate surface area is 124 Å². The van der Waals surface area contributed by atoms with Crippen LogP contribution in [-0.2, 0) is 14.9 Å². The summed E-state index contributed by atoms with van der Waals surface area (Å²) < 4.78 is 63.6. The highest BCUT2D eigenvalue weighted by molar-refractivity contribution is 7.88. The van der Waals surface area contributed by atoms with Crippen LogP contribution in [0.15, 0.2) is 18.2 Å². The van der Waals surface area contributed by atoms with Crippen LogP contribution in [-0.4, -0.2) is 25.0 Å². The van der Waals surface area contributed by atoms with Gasteiger partial charge in [-0.05, 0) is 42.9 Å². The number of carboxylic acid groups (broad SMARTS) is 1. The van der Waals surface area contributed by atoms with Crippen LogP contribution >= 0.6 is 0 Å². The topological polar surface area (TPSA) is 80.7 Å². The van der Waals surface area contributed by atoms with Crippen molar-refractivity contribution in [2.24, 2.45) is 0 Å². The van der Waals surface area contributed by atoms with Gasteiger partial charge in [-0.15, -0.1) is 0 Å². The first-order valence-corrected chi connectivity index (χ1v) is 7.81. The molecule has 1 saturated carbocycles. The van der Waals surface area contributed by atoms with Crippen LogP contribution in [0.1, 0.15) is 42.7 Å². The summed E-state index contributed by atoms with van der Waals surface area (Å²) in [5.41, 5.74) is -4.84. The molecular formula is C13H13F3O5S. The lowest BCUT2D eigenvalue weighted by atomic mass is 9.97. The van der Waals surface area contributed by atoms with Crippen molar-refractivity contribution >= 4 is 16.1 Å². The van der Waals surface area contributed by atoms with Gasteiger partial charge in [-0.1, -0.05) is 12.1 Å². The lowest BCUT2D eigenvalue weighted by molar-refractivity contribution is -0.138. The van der Waals surface area contributed by atoms with Gasteiger partial charge < -0.3 is 9.29 Å². The van der Waals surface area contributed by atoms with Crippen LogP contribution in [0, 0.1) is 0 Å². The minimum Gasteiger partial charge on any atom is -0.481 e. The number of aliphatic carboxylic acids is 1. The second-order valence-corrected chi connectivity index (χ2v) is 6.65. The molecule has 1 aliphatic carbocycles. The molecular weight excluding hydrogens is 325 g/mol. The third-order valence-electron chi connectivity index (χ3n) is 3.40. The van der Waals surface area contributed by atoms with E-state index in [2.05, 4.69) is 4.18 Å². The Kier molecular flexibility index (Phi) is 4.12. The van der Waals surface area contributed by atoms with Gasteiger partial charge in [0, 0.05) is 0 Å². The van der Waals surface area contributed by atoms with E-state index in [1.54, 1.807) is 0 Å². The Bertz CT molecular complexity index is 692. The molecule has 122 valence electrons. The molecule has 0 aromatic heterocycles. The fourth-order valence-corrected chi connectivity index (χ4v) is 2.42. The quantitative estimate of drug-likeness (QED) is 0.659. The van der Waals surface area contributed by atoms with Gasteiger partial charge in [0.05, 0.1) is 5.92 Å². The number of rotatable bonds is 5. The van der Waals surface area contributed by atoms with Crippen molar-refractivity contribution in [3.8, 4) is 5.75 Å². The maximum Gasteiger partial charge on any atom is 0.534 e. The van der Waals surface area contributed by atoms with Crippen LogP contribution in [0.5, 0.6) is 5.75 Å². The number of halogens is 3. The van der Waals surface area contributed by atoms with Crippen molar-refractivity contribution in [2.75, 3.05) is 0 Å². The first-order valence-electron chi connectivity index (χ1n) is 6.40. The third kappa shape index (κ3) is 3.34. The highest BCUT2D eigenvalue weighted by Crippen LogP contribution is 2.46. The zero-order valence-corrected chi connectivity index (χ0v) is 12.2. The van der Waals surface area contributed by atoms with E-state index in [0.29, 0.717) is 24.0 Å². The molecule has 0 spiro atoms. The van der Waals surface area contributed by atoms with Crippen LogP contribution in [0.4, 0.5) is 13.2 Å². The predicted octanol–water partition coefficient (Wildman–Crippen LogP) is 2.98. The molecule has 0 aliphatic heterocycles. The van der Waals surface area contributed by atoms with Crippen molar-refractivity contribution in [3.05, 3.63) is 29.3 Å². The SMILES string of the molecule is CC(C(=O)O)c1ccc(OS(=O)(=O)C(F)(F)F)c(C2CC2)c1. The maximum atomic E-state index is 12.4. The summed E-state index contributed by atoms with van der Waals surface area (Å²) >= 11 is 0. The predicted molar refractivity (Wildman–Crippen MR) is 70.1 cm³/mol. The third-order valence-corrected chi connectivity index (χ3v) is 4.37. The number of hydrogen-bond donors (Lipinski definition) is 1. The number of hydrogen-bond acceptors (Lipinski definition) is 4. The average molecular weight is 338 g/mol. The molecule has 0 radical (unpaired) electrons. The molecule has 0 bridgehead atoms. The van der Waals surface area contributed by atoms with E-state index < -0.39 is 33.3 Å². The Morgan fingerprint density at radius 3 is 2.41 bits per heavy atom. The molecule has 1 unspecified atom stereocenters. The first-order chi connectivity index (χ1) is 10.0. The van der Waals surface area contributed by atoms with E-state index in [1.807, 2.05) is 0 Å². The molecule has 2 rings (SSSR count). The molecule has 1 N–H and O–H groups in total. The molecule has 0 amide bonds. The van der Waals surface area contributed by atoms with E-state index in [9.17, 15) is 26.4 Å². The summed E-state index contributed by atoms with van der Waals surface area (Å²) in [7, 11) is -5.74. The molecule has 1 atom stereocenters. The Balaban J connectivity index is 2.39. The molecule has 5 nitrogen and oxygen atoms in total. The minimum atomic E-state index is -5.74. The van der Waals surface area contributed by atoms with E-state index in [4.69, 9.17) is 5.11 Å². The summed E-state index contributed by atoms with van der Waals surface area (Å²) in [6, 6.07) is 3.73. The summed E-state index contributed by atoms with van der Waals surface area (Å²) in [6.45, 7) is 1.43. The number of carboxylic acids is 1. The van der Waals surface area contributed by atoms with Crippen molar-refractivity contribution in [1.82, 2.24) is 0 Å². The van der Waals surface area contributed by atoms with Crippen molar-refractivity contribution in [3.63, 3.8) is 0 Å². The zero-order chi connectivity index (χ0) is 16.7. The molecule has 22 heavy (non-hydrogen) atoms. The normalized spacial score (nSPS) is 17.1. The van der Waals surface area contributed by atoms with Crippen LogP contribution in [0.3, 0.4) is 0 Å². The molecule has 1 fully saturated rings. The smallest absolute Gasteiger partial charge is 0.481 e. The minimum absolute atomic E-state index is 0.112. The summed E-state index contributed by atoms with van der Waals surface area (Å²) in [5.74, 6) is -2.45. The second-order valence-electron chi connectivity index (χ2n) is 5.11. The van der Waals surface area contributed by atoms with Gasteiger partial charge >= 0.3 is 21.6 Å². The molecule has 0 saturated heterocycles. The van der Waals surface area contributed by atoms with Gasteiger partial charge in [0.15, 0.2) is 0 Å². The lowest BCUT2D eigenvalue weighted by Gasteiger charge is -2.15. The highest BCUT2D eigenvalue weighted by atomic mass is 32.2. The molecule has 0 heterocycles. The van der Waals surface area contributed by atoms with Crippen LogP contribution in [0.2, 0.25) is 0 Å². The van der Waals surface area contributed by atoms with Gasteiger partial charge in [0.25, 0.3) is 0 Å². The molecule has 1 aromatic rings. The highest BCUT2D eigenvalue weighted by Gasteiger charge is 2.49.